The average Bonchev–Trinajstić information content (AvgIpc) is 2.61. The number of hydrogen-bond acceptors (Lipinski definition) is 3. The normalized spacial score (nSPS) is 10.4. The van der Waals surface area contributed by atoms with Gasteiger partial charge in [0.25, 0.3) is 0 Å². The van der Waals surface area contributed by atoms with Gasteiger partial charge in [0, 0.05) is 0 Å². The van der Waals surface area contributed by atoms with Crippen molar-refractivity contribution in [3.63, 3.8) is 0 Å². The maximum atomic E-state index is 8.74. The molecule has 0 spiro atoms. The molecule has 0 aliphatic heterocycles. The van der Waals surface area contributed by atoms with E-state index >= 15 is 0 Å². The topological polar surface area (TPSA) is 86.2 Å². The van der Waals surface area contributed by atoms with E-state index in [1.54, 1.807) is 0 Å². The molecule has 2 aromatic rings. The molecule has 0 amide bonds. The number of imidazole rings is 1. The third kappa shape index (κ3) is 2.73. The van der Waals surface area contributed by atoms with Crippen molar-refractivity contribution in [3.8, 4) is 0 Å². The first kappa shape index (κ1) is 11.0. The predicted octanol–water partition coefficient (Wildman–Crippen LogP) is -0.537. The molecule has 14 heavy (non-hydrogen) atoms. The summed E-state index contributed by atoms with van der Waals surface area (Å²) in [7, 11) is 0. The second-order valence-corrected chi connectivity index (χ2v) is 2.91. The first-order chi connectivity index (χ1) is 6.81. The molecule has 0 aliphatic carbocycles. The van der Waals surface area contributed by atoms with Crippen molar-refractivity contribution in [3.05, 3.63) is 30.1 Å². The van der Waals surface area contributed by atoms with Gasteiger partial charge in [-0.3, -0.25) is 0 Å². The van der Waals surface area contributed by atoms with Crippen molar-refractivity contribution < 1.29 is 12.9 Å². The summed E-state index contributed by atoms with van der Waals surface area (Å²) >= 11 is -1.94. The van der Waals surface area contributed by atoms with Crippen LogP contribution >= 0.6 is 0 Å². The van der Waals surface area contributed by atoms with E-state index in [1.807, 2.05) is 24.3 Å². The molecule has 0 radical (unpaired) electrons. The molecule has 76 valence electrons. The fourth-order valence-corrected chi connectivity index (χ4v) is 1.08. The predicted molar refractivity (Wildman–Crippen MR) is 53.5 cm³/mol. The minimum absolute atomic E-state index is 0.0331. The molecule has 1 heterocycles. The van der Waals surface area contributed by atoms with E-state index in [4.69, 9.17) is 12.9 Å². The number of nitrogens with one attached hydrogen (secondary N) is 1. The summed E-state index contributed by atoms with van der Waals surface area (Å²) in [4.78, 5) is 7.11. The molecule has 0 aliphatic rings. The first-order valence-corrected chi connectivity index (χ1v) is 6.01. The van der Waals surface area contributed by atoms with Crippen molar-refractivity contribution >= 4 is 27.1 Å². The smallest absolute Gasteiger partial charge is 0.133 e. The Morgan fingerprint density at radius 3 is 2.64 bits per heavy atom. The third-order valence-corrected chi connectivity index (χ3v) is 1.59. The zero-order valence-corrected chi connectivity index (χ0v) is 9.77. The van der Waals surface area contributed by atoms with Crippen LogP contribution in [0, 0.1) is 0 Å². The SMILES string of the molecule is O=[AsH2]O.OCc1nc2ccccc2[nH]1. The monoisotopic (exact) mass is 258 g/mol. The Labute approximate surface area is 87.1 Å². The maximum absolute atomic E-state index is 8.74. The van der Waals surface area contributed by atoms with Crippen molar-refractivity contribution in [2.75, 3.05) is 0 Å². The van der Waals surface area contributed by atoms with Crippen LogP contribution in [0.15, 0.2) is 24.3 Å². The van der Waals surface area contributed by atoms with Gasteiger partial charge in [-0.15, -0.1) is 0 Å². The van der Waals surface area contributed by atoms with Crippen LogP contribution < -0.4 is 0 Å². The van der Waals surface area contributed by atoms with Gasteiger partial charge >= 0.3 is 23.9 Å². The summed E-state index contributed by atoms with van der Waals surface area (Å²) < 4.78 is 15.8. The van der Waals surface area contributed by atoms with Crippen LogP contribution in [-0.4, -0.2) is 35.2 Å². The molecule has 5 nitrogen and oxygen atoms in total. The number of aliphatic hydroxyl groups excluding tert-OH is 1. The summed E-state index contributed by atoms with van der Waals surface area (Å²) in [6, 6.07) is 7.69. The second-order valence-electron chi connectivity index (χ2n) is 2.46. The van der Waals surface area contributed by atoms with E-state index in [9.17, 15) is 0 Å². The number of rotatable bonds is 1. The number of aliphatic hydroxyl groups is 1. The zero-order valence-electron chi connectivity index (χ0n) is 7.34. The molecule has 0 bridgehead atoms. The number of H-pyrrole nitrogens is 1. The molecule has 6 heteroatoms. The van der Waals surface area contributed by atoms with Gasteiger partial charge in [-0.05, 0) is 12.1 Å². The summed E-state index contributed by atoms with van der Waals surface area (Å²) in [5.41, 5.74) is 1.87. The molecular weight excluding hydrogens is 247 g/mol. The molecule has 1 atom stereocenters. The van der Waals surface area contributed by atoms with Crippen LogP contribution in [0.2, 0.25) is 0 Å². The summed E-state index contributed by atoms with van der Waals surface area (Å²) in [5, 5.41) is 8.74. The number of aromatic amines is 1. The maximum Gasteiger partial charge on any atom is 0.133 e. The Kier molecular flexibility index (Phi) is 4.46. The molecule has 2 rings (SSSR count). The number of para-hydroxylation sites is 2. The zero-order chi connectivity index (χ0) is 10.4. The van der Waals surface area contributed by atoms with Gasteiger partial charge < -0.3 is 10.1 Å². The molecule has 0 fully saturated rings. The Bertz CT molecular complexity index is 383. The molecule has 1 aromatic carbocycles. The number of hydrogen-bond donors (Lipinski definition) is 3. The van der Waals surface area contributed by atoms with Crippen LogP contribution in [0.1, 0.15) is 5.82 Å². The van der Waals surface area contributed by atoms with Crippen molar-refractivity contribution in [1.82, 2.24) is 9.97 Å². The van der Waals surface area contributed by atoms with E-state index in [0.29, 0.717) is 5.82 Å². The molecule has 0 saturated carbocycles. The van der Waals surface area contributed by atoms with Crippen LogP contribution in [0.4, 0.5) is 0 Å². The van der Waals surface area contributed by atoms with Crippen molar-refractivity contribution in [2.24, 2.45) is 0 Å². The fourth-order valence-electron chi connectivity index (χ4n) is 1.08. The molecule has 3 N–H and O–H groups in total. The van der Waals surface area contributed by atoms with Crippen molar-refractivity contribution in [2.45, 2.75) is 6.61 Å². The van der Waals surface area contributed by atoms with E-state index in [-0.39, 0.29) is 6.61 Å². The average molecular weight is 258 g/mol. The number of nitrogens with zero attached hydrogens (tertiary/aromatic N) is 1. The van der Waals surface area contributed by atoms with Crippen LogP contribution in [0.25, 0.3) is 11.0 Å². The molecule has 1 unspecified atom stereocenters. The third-order valence-electron chi connectivity index (χ3n) is 1.59. The van der Waals surface area contributed by atoms with Gasteiger partial charge in [0.15, 0.2) is 0 Å². The second kappa shape index (κ2) is 5.65. The largest absolute Gasteiger partial charge is 0.388 e. The molecular formula is C8H11AsN2O3. The van der Waals surface area contributed by atoms with E-state index in [1.165, 1.54) is 0 Å². The minimum Gasteiger partial charge on any atom is -0.388 e. The Hall–Kier alpha value is -1.03. The number of benzene rings is 1. The minimum atomic E-state index is -1.94. The summed E-state index contributed by atoms with van der Waals surface area (Å²) in [5.74, 6) is 0.617. The standard InChI is InChI=1S/C8H8N2O.AsH3O2/c11-5-8-9-6-3-1-2-4-7(6)10-8;2-1-3/h1-4,11H,5H2,(H,9,10);1H2,(H,2,3). The summed E-state index contributed by atoms with van der Waals surface area (Å²) in [6.07, 6.45) is 0. The summed E-state index contributed by atoms with van der Waals surface area (Å²) in [6.45, 7) is -0.0331. The van der Waals surface area contributed by atoms with Gasteiger partial charge in [-0.2, -0.15) is 0 Å². The van der Waals surface area contributed by atoms with Crippen LogP contribution in [-0.2, 0) is 10.3 Å². The molecule has 1 aromatic heterocycles. The number of aromatic nitrogens is 2. The van der Waals surface area contributed by atoms with Gasteiger partial charge in [0.1, 0.15) is 12.4 Å². The van der Waals surface area contributed by atoms with Crippen LogP contribution in [0.5, 0.6) is 0 Å². The quantitative estimate of drug-likeness (QED) is 0.600. The molecule has 0 saturated heterocycles. The van der Waals surface area contributed by atoms with E-state index < -0.39 is 16.0 Å². The Morgan fingerprint density at radius 1 is 1.43 bits per heavy atom. The van der Waals surface area contributed by atoms with Gasteiger partial charge in [-0.25, -0.2) is 4.98 Å². The van der Waals surface area contributed by atoms with Gasteiger partial charge in [-0.1, -0.05) is 12.1 Å². The number of fused-ring (bicyclic) bond motifs is 1. The van der Waals surface area contributed by atoms with Crippen molar-refractivity contribution in [1.29, 1.82) is 0 Å². The van der Waals surface area contributed by atoms with E-state index in [2.05, 4.69) is 9.97 Å². The Balaban J connectivity index is 0.000000293. The Morgan fingerprint density at radius 2 is 2.07 bits per heavy atom. The van der Waals surface area contributed by atoms with Gasteiger partial charge in [0.05, 0.1) is 11.0 Å². The fraction of sp³-hybridized carbons (Fsp3) is 0.125. The van der Waals surface area contributed by atoms with Crippen LogP contribution in [0.3, 0.4) is 0 Å². The first-order valence-electron chi connectivity index (χ1n) is 3.94. The van der Waals surface area contributed by atoms with E-state index in [0.717, 1.165) is 11.0 Å². The van der Waals surface area contributed by atoms with Gasteiger partial charge in [0.2, 0.25) is 0 Å².